The van der Waals surface area contributed by atoms with E-state index in [4.69, 9.17) is 5.11 Å². The fourth-order valence-electron chi connectivity index (χ4n) is 2.75. The smallest absolute Gasteiger partial charge is 0.328 e. The van der Waals surface area contributed by atoms with Crippen molar-refractivity contribution in [2.24, 2.45) is 0 Å². The van der Waals surface area contributed by atoms with E-state index in [-0.39, 0.29) is 24.4 Å². The first-order chi connectivity index (χ1) is 9.63. The molecular weight excluding hydrogens is 294 g/mol. The van der Waals surface area contributed by atoms with Crippen molar-refractivity contribution in [1.29, 1.82) is 0 Å². The average molecular weight is 310 g/mol. The van der Waals surface area contributed by atoms with E-state index >= 15 is 0 Å². The molecule has 1 fully saturated rings. The molecule has 21 heavy (non-hydrogen) atoms. The van der Waals surface area contributed by atoms with Gasteiger partial charge in [0, 0.05) is 24.4 Å². The number of amides is 1. The Kier molecular flexibility index (Phi) is 4.59. The highest BCUT2D eigenvalue weighted by Crippen LogP contribution is 2.27. The monoisotopic (exact) mass is 309 g/mol. The van der Waals surface area contributed by atoms with E-state index in [1.807, 2.05) is 6.07 Å². The molecule has 0 unspecified atom stereocenters. The van der Waals surface area contributed by atoms with Gasteiger partial charge in [0.1, 0.15) is 5.82 Å². The first kappa shape index (κ1) is 15.5. The lowest BCUT2D eigenvalue weighted by atomic mass is 10.1. The van der Waals surface area contributed by atoms with Crippen molar-refractivity contribution in [2.75, 3.05) is 11.9 Å². The summed E-state index contributed by atoms with van der Waals surface area (Å²) in [4.78, 5) is 29.0. The number of hydrogen-bond donors (Lipinski definition) is 2. The second-order valence-electron chi connectivity index (χ2n) is 5.07. The first-order valence-electron chi connectivity index (χ1n) is 6.58. The Labute approximate surface area is 128 Å². The molecule has 1 aromatic heterocycles. The number of carbonyl (C=O) groups is 2. The van der Waals surface area contributed by atoms with E-state index in [1.54, 1.807) is 6.20 Å². The van der Waals surface area contributed by atoms with Gasteiger partial charge in [-0.25, -0.2) is 9.78 Å². The van der Waals surface area contributed by atoms with Crippen LogP contribution in [0.2, 0.25) is 0 Å². The zero-order valence-corrected chi connectivity index (χ0v) is 12.1. The third kappa shape index (κ3) is 3.22. The maximum Gasteiger partial charge on any atom is 0.328 e. The number of aliphatic carboxylic acids is 1. The number of carboxylic acids is 1. The Morgan fingerprint density at radius 3 is 3.10 bits per heavy atom. The van der Waals surface area contributed by atoms with Gasteiger partial charge < -0.3 is 10.4 Å². The van der Waals surface area contributed by atoms with Crippen LogP contribution in [0.15, 0.2) is 18.3 Å². The minimum Gasteiger partial charge on any atom is -0.478 e. The van der Waals surface area contributed by atoms with Crippen molar-refractivity contribution < 1.29 is 14.7 Å². The Balaban J connectivity index is 0.00000161. The summed E-state index contributed by atoms with van der Waals surface area (Å²) in [5.74, 6) is -0.410. The number of rotatable bonds is 2. The molecule has 3 heterocycles. The SMILES string of the molecule is Cl.O=C(O)/C=C/c1cnc2c(c1)CN1CCC[C@H]1C(=O)N2. The molecule has 1 atom stereocenters. The quantitative estimate of drug-likeness (QED) is 0.809. The molecule has 0 bridgehead atoms. The van der Waals surface area contributed by atoms with E-state index < -0.39 is 5.97 Å². The molecule has 0 saturated carbocycles. The van der Waals surface area contributed by atoms with Gasteiger partial charge in [0.2, 0.25) is 5.91 Å². The van der Waals surface area contributed by atoms with Crippen LogP contribution in [-0.2, 0) is 16.1 Å². The van der Waals surface area contributed by atoms with Crippen molar-refractivity contribution >= 4 is 36.2 Å². The second-order valence-corrected chi connectivity index (χ2v) is 5.07. The van der Waals surface area contributed by atoms with Gasteiger partial charge >= 0.3 is 5.97 Å². The number of anilines is 1. The van der Waals surface area contributed by atoms with Crippen molar-refractivity contribution in [2.45, 2.75) is 25.4 Å². The summed E-state index contributed by atoms with van der Waals surface area (Å²) in [6.45, 7) is 1.58. The minimum absolute atomic E-state index is 0. The fraction of sp³-hybridized carbons (Fsp3) is 0.357. The number of carbonyl (C=O) groups excluding carboxylic acids is 1. The number of nitrogens with zero attached hydrogens (tertiary/aromatic N) is 2. The van der Waals surface area contributed by atoms with Crippen molar-refractivity contribution in [3.8, 4) is 0 Å². The standard InChI is InChI=1S/C14H15N3O3.ClH/c18-12(19)4-3-9-6-10-8-17-5-1-2-11(17)14(20)16-13(10)15-7-9;/h3-4,6-7,11H,1-2,5,8H2,(H,18,19)(H,15,16,20);1H/b4-3+;/t11-;/m0./s1. The number of aromatic nitrogens is 1. The van der Waals surface area contributed by atoms with Gasteiger partial charge in [0.15, 0.2) is 0 Å². The molecule has 2 N–H and O–H groups in total. The lowest BCUT2D eigenvalue weighted by Crippen LogP contribution is -2.36. The third-order valence-electron chi connectivity index (χ3n) is 3.69. The molecule has 112 valence electrons. The van der Waals surface area contributed by atoms with Crippen molar-refractivity contribution in [3.63, 3.8) is 0 Å². The second kappa shape index (κ2) is 6.24. The van der Waals surface area contributed by atoms with Crippen molar-refractivity contribution in [3.05, 3.63) is 29.5 Å². The van der Waals surface area contributed by atoms with Crippen LogP contribution in [0.3, 0.4) is 0 Å². The van der Waals surface area contributed by atoms with Gasteiger partial charge in [0.05, 0.1) is 6.04 Å². The number of fused-ring (bicyclic) bond motifs is 2. The highest BCUT2D eigenvalue weighted by Gasteiger charge is 2.34. The molecule has 7 heteroatoms. The first-order valence-corrected chi connectivity index (χ1v) is 6.58. The summed E-state index contributed by atoms with van der Waals surface area (Å²) in [6.07, 6.45) is 6.06. The number of carboxylic acid groups (broad SMARTS) is 1. The molecule has 0 aliphatic carbocycles. The zero-order chi connectivity index (χ0) is 14.1. The molecule has 1 aromatic rings. The van der Waals surface area contributed by atoms with E-state index in [0.29, 0.717) is 12.4 Å². The Hall–Kier alpha value is -1.92. The van der Waals surface area contributed by atoms with Crippen LogP contribution in [0.1, 0.15) is 24.0 Å². The average Bonchev–Trinajstić information content (AvgIpc) is 2.82. The van der Waals surface area contributed by atoms with Crippen LogP contribution in [0.4, 0.5) is 5.82 Å². The van der Waals surface area contributed by atoms with Crippen LogP contribution >= 0.6 is 12.4 Å². The van der Waals surface area contributed by atoms with Crippen molar-refractivity contribution in [1.82, 2.24) is 9.88 Å². The summed E-state index contributed by atoms with van der Waals surface area (Å²) in [5, 5.41) is 11.5. The van der Waals surface area contributed by atoms with Crippen LogP contribution in [-0.4, -0.2) is 39.5 Å². The zero-order valence-electron chi connectivity index (χ0n) is 11.3. The largest absolute Gasteiger partial charge is 0.478 e. The molecule has 6 nitrogen and oxygen atoms in total. The maximum absolute atomic E-state index is 12.1. The van der Waals surface area contributed by atoms with E-state index in [2.05, 4.69) is 15.2 Å². The third-order valence-corrected chi connectivity index (χ3v) is 3.69. The number of hydrogen-bond acceptors (Lipinski definition) is 4. The van der Waals surface area contributed by atoms with Gasteiger partial charge in [-0.2, -0.15) is 0 Å². The molecule has 1 amide bonds. The predicted octanol–water partition coefficient (Wildman–Crippen LogP) is 1.52. The highest BCUT2D eigenvalue weighted by molar-refractivity contribution is 5.95. The molecule has 0 radical (unpaired) electrons. The number of halogens is 1. The number of nitrogens with one attached hydrogen (secondary N) is 1. The Bertz CT molecular complexity index is 603. The predicted molar refractivity (Wildman–Crippen MR) is 80.2 cm³/mol. The maximum atomic E-state index is 12.1. The molecule has 2 aliphatic rings. The molecular formula is C14H16ClN3O3. The Morgan fingerprint density at radius 1 is 1.52 bits per heavy atom. The summed E-state index contributed by atoms with van der Waals surface area (Å²) >= 11 is 0. The summed E-state index contributed by atoms with van der Waals surface area (Å²) < 4.78 is 0. The molecule has 0 spiro atoms. The van der Waals surface area contributed by atoms with E-state index in [0.717, 1.165) is 36.6 Å². The van der Waals surface area contributed by atoms with Gasteiger partial charge in [0.25, 0.3) is 0 Å². The summed E-state index contributed by atoms with van der Waals surface area (Å²) in [6, 6.07) is 1.81. The molecule has 1 saturated heterocycles. The number of pyridine rings is 1. The lowest BCUT2D eigenvalue weighted by molar-refractivity contribution is -0.131. The van der Waals surface area contributed by atoms with Gasteiger partial charge in [-0.05, 0) is 37.1 Å². The van der Waals surface area contributed by atoms with Gasteiger partial charge in [-0.3, -0.25) is 9.69 Å². The summed E-state index contributed by atoms with van der Waals surface area (Å²) in [7, 11) is 0. The highest BCUT2D eigenvalue weighted by atomic mass is 35.5. The van der Waals surface area contributed by atoms with Gasteiger partial charge in [-0.1, -0.05) is 0 Å². The van der Waals surface area contributed by atoms with Crippen LogP contribution in [0.5, 0.6) is 0 Å². The lowest BCUT2D eigenvalue weighted by Gasteiger charge is -2.19. The van der Waals surface area contributed by atoms with E-state index in [1.165, 1.54) is 6.08 Å². The van der Waals surface area contributed by atoms with Crippen LogP contribution in [0.25, 0.3) is 6.08 Å². The van der Waals surface area contributed by atoms with E-state index in [9.17, 15) is 9.59 Å². The van der Waals surface area contributed by atoms with Crippen LogP contribution < -0.4 is 5.32 Å². The fourth-order valence-corrected chi connectivity index (χ4v) is 2.75. The molecule has 0 aromatic carbocycles. The van der Waals surface area contributed by atoms with Crippen LogP contribution in [0, 0.1) is 0 Å². The topological polar surface area (TPSA) is 82.5 Å². The van der Waals surface area contributed by atoms with Gasteiger partial charge in [-0.15, -0.1) is 12.4 Å². The normalized spacial score (nSPS) is 21.1. The molecule has 3 rings (SSSR count). The minimum atomic E-state index is -0.993. The Morgan fingerprint density at radius 2 is 2.33 bits per heavy atom. The summed E-state index contributed by atoms with van der Waals surface area (Å²) in [5.41, 5.74) is 1.65. The molecule has 2 aliphatic heterocycles.